The van der Waals surface area contributed by atoms with Crippen molar-refractivity contribution in [2.75, 3.05) is 33.4 Å². The number of nitrogens with zero attached hydrogens (tertiary/aromatic N) is 3. The molecule has 0 bridgehead atoms. The fraction of sp³-hybridized carbons (Fsp3) is 0.500. The minimum Gasteiger partial charge on any atom is -0.465 e. The number of benzene rings is 2. The maximum atomic E-state index is 14.1. The van der Waals surface area contributed by atoms with Gasteiger partial charge in [-0.3, -0.25) is 9.59 Å². The van der Waals surface area contributed by atoms with Crippen molar-refractivity contribution >= 4 is 25.9 Å². The number of fused-ring (bicyclic) bond motifs is 1. The van der Waals surface area contributed by atoms with Gasteiger partial charge in [-0.15, -0.1) is 0 Å². The van der Waals surface area contributed by atoms with Crippen LogP contribution in [0.4, 0.5) is 0 Å². The van der Waals surface area contributed by atoms with Gasteiger partial charge in [0.1, 0.15) is 5.82 Å². The number of amides is 2. The molecule has 0 saturated carbocycles. The molecule has 1 aliphatic rings. The maximum absolute atomic E-state index is 14.1. The lowest BCUT2D eigenvalue weighted by Crippen LogP contribution is -2.38. The molecule has 248 valence electrons. The number of imidazole rings is 1. The van der Waals surface area contributed by atoms with Crippen molar-refractivity contribution in [3.63, 3.8) is 0 Å². The van der Waals surface area contributed by atoms with E-state index in [-0.39, 0.29) is 17.4 Å². The van der Waals surface area contributed by atoms with Gasteiger partial charge in [0, 0.05) is 46.4 Å². The highest BCUT2D eigenvalue weighted by Crippen LogP contribution is 2.29. The zero-order valence-corrected chi connectivity index (χ0v) is 29.4. The molecular formula is C36H50N4O5Si. The second kappa shape index (κ2) is 16.2. The van der Waals surface area contributed by atoms with Gasteiger partial charge in [-0.25, -0.2) is 9.78 Å². The van der Waals surface area contributed by atoms with E-state index >= 15 is 0 Å². The first-order chi connectivity index (χ1) is 22.1. The molecule has 1 aromatic heterocycles. The zero-order valence-electron chi connectivity index (χ0n) is 28.4. The van der Waals surface area contributed by atoms with Gasteiger partial charge in [0.15, 0.2) is 6.10 Å². The van der Waals surface area contributed by atoms with E-state index < -0.39 is 20.1 Å². The Hall–Kier alpha value is -3.76. The van der Waals surface area contributed by atoms with Crippen LogP contribution >= 0.6 is 0 Å². The summed E-state index contributed by atoms with van der Waals surface area (Å²) >= 11 is 0. The number of methoxy groups -OCH3 is 1. The molecule has 3 aromatic rings. The summed E-state index contributed by atoms with van der Waals surface area (Å²) in [6.45, 7) is 14.0. The number of H-pyrrole nitrogens is 1. The average Bonchev–Trinajstić information content (AvgIpc) is 3.54. The second-order valence-electron chi connectivity index (χ2n) is 13.3. The van der Waals surface area contributed by atoms with Gasteiger partial charge in [0.2, 0.25) is 0 Å². The topological polar surface area (TPSA) is 105 Å². The molecule has 1 N–H and O–H groups in total. The Balaban J connectivity index is 1.69. The van der Waals surface area contributed by atoms with Crippen molar-refractivity contribution in [3.8, 4) is 11.4 Å². The largest absolute Gasteiger partial charge is 0.465 e. The monoisotopic (exact) mass is 646 g/mol. The molecule has 2 aromatic carbocycles. The van der Waals surface area contributed by atoms with Gasteiger partial charge < -0.3 is 24.3 Å². The van der Waals surface area contributed by atoms with E-state index in [1.807, 2.05) is 23.1 Å². The van der Waals surface area contributed by atoms with E-state index in [2.05, 4.69) is 49.5 Å². The van der Waals surface area contributed by atoms with E-state index in [9.17, 15) is 14.4 Å². The van der Waals surface area contributed by atoms with Crippen LogP contribution in [0.25, 0.3) is 11.4 Å². The summed E-state index contributed by atoms with van der Waals surface area (Å²) in [5.41, 5.74) is 4.08. The molecule has 2 amide bonds. The van der Waals surface area contributed by atoms with E-state index in [0.29, 0.717) is 55.4 Å². The molecule has 4 rings (SSSR count). The van der Waals surface area contributed by atoms with Gasteiger partial charge in [-0.1, -0.05) is 70.6 Å². The highest BCUT2D eigenvalue weighted by molar-refractivity contribution is 6.76. The Kier molecular flexibility index (Phi) is 12.3. The summed E-state index contributed by atoms with van der Waals surface area (Å²) in [5, 5.41) is 0. The molecule has 0 saturated heterocycles. The van der Waals surface area contributed by atoms with Crippen molar-refractivity contribution in [2.24, 2.45) is 0 Å². The van der Waals surface area contributed by atoms with E-state index in [4.69, 9.17) is 9.47 Å². The van der Waals surface area contributed by atoms with Crippen LogP contribution in [0.3, 0.4) is 0 Å². The summed E-state index contributed by atoms with van der Waals surface area (Å²) in [6.07, 6.45) is 5.39. The summed E-state index contributed by atoms with van der Waals surface area (Å²) in [4.78, 5) is 52.4. The highest BCUT2D eigenvalue weighted by Gasteiger charge is 2.31. The second-order valence-corrected chi connectivity index (χ2v) is 18.9. The molecule has 0 fully saturated rings. The number of ether oxygens (including phenoxy) is 2. The third-order valence-corrected chi connectivity index (χ3v) is 10.2. The number of nitrogens with one attached hydrogen (secondary N) is 1. The number of rotatable bonds is 15. The number of aromatic amines is 1. The first-order valence-electron chi connectivity index (χ1n) is 16.6. The minimum absolute atomic E-state index is 0.0722. The van der Waals surface area contributed by atoms with Crippen LogP contribution in [-0.2, 0) is 27.2 Å². The highest BCUT2D eigenvalue weighted by atomic mass is 28.3. The molecule has 1 aliphatic heterocycles. The van der Waals surface area contributed by atoms with Gasteiger partial charge >= 0.3 is 5.97 Å². The Morgan fingerprint density at radius 3 is 2.37 bits per heavy atom. The van der Waals surface area contributed by atoms with Gasteiger partial charge in [0.05, 0.1) is 30.1 Å². The number of aromatic nitrogens is 2. The molecule has 1 unspecified atom stereocenters. The Morgan fingerprint density at radius 1 is 1.02 bits per heavy atom. The average molecular weight is 647 g/mol. The number of carbonyl (C=O) groups excluding carboxylic acids is 3. The van der Waals surface area contributed by atoms with Crippen LogP contribution in [0.2, 0.25) is 25.7 Å². The Bertz CT molecular complexity index is 1490. The molecule has 46 heavy (non-hydrogen) atoms. The zero-order chi connectivity index (χ0) is 33.3. The Morgan fingerprint density at radius 2 is 1.72 bits per heavy atom. The molecule has 1 atom stereocenters. The summed E-state index contributed by atoms with van der Waals surface area (Å²) < 4.78 is 11.3. The molecule has 0 spiro atoms. The summed E-state index contributed by atoms with van der Waals surface area (Å²) in [7, 11) is -0.0877. The van der Waals surface area contributed by atoms with E-state index in [1.54, 1.807) is 29.3 Å². The van der Waals surface area contributed by atoms with Gasteiger partial charge in [-0.05, 0) is 54.6 Å². The standard InChI is InChI=1S/C36H50N4O5Si/c1-7-9-18-39(19-10-8-2)35(42)32(45-21-22-46(4,5)6)31-24-37-33(38-31)29-16-15-27(36(43)44-3)23-30(29)34(41)40-20-17-26-13-11-12-14-28(26)25-40/h11-16,23-24,32H,7-10,17-22,25H2,1-6H3,(H,37,38). The Labute approximate surface area is 274 Å². The third-order valence-electron chi connectivity index (χ3n) is 8.46. The summed E-state index contributed by atoms with van der Waals surface area (Å²) in [5.74, 6) is -0.354. The lowest BCUT2D eigenvalue weighted by molar-refractivity contribution is -0.144. The molecule has 2 heterocycles. The normalized spacial score (nSPS) is 13.7. The molecule has 10 heteroatoms. The van der Waals surface area contributed by atoms with Crippen molar-refractivity contribution in [2.45, 2.75) is 84.3 Å². The van der Waals surface area contributed by atoms with Crippen LogP contribution in [-0.4, -0.2) is 79.0 Å². The van der Waals surface area contributed by atoms with Crippen LogP contribution < -0.4 is 0 Å². The predicted molar refractivity (Wildman–Crippen MR) is 183 cm³/mol. The molecule has 9 nitrogen and oxygen atoms in total. The molecule has 0 aliphatic carbocycles. The van der Waals surface area contributed by atoms with Gasteiger partial charge in [0.25, 0.3) is 11.8 Å². The van der Waals surface area contributed by atoms with Crippen LogP contribution in [0, 0.1) is 0 Å². The third kappa shape index (κ3) is 8.94. The number of hydrogen-bond donors (Lipinski definition) is 1. The van der Waals surface area contributed by atoms with Crippen molar-refractivity contribution in [1.82, 2.24) is 19.8 Å². The number of esters is 1. The van der Waals surface area contributed by atoms with Crippen LogP contribution in [0.15, 0.2) is 48.7 Å². The first-order valence-corrected chi connectivity index (χ1v) is 20.3. The van der Waals surface area contributed by atoms with E-state index in [1.165, 1.54) is 12.7 Å². The number of carbonyl (C=O) groups is 3. The number of hydrogen-bond acceptors (Lipinski definition) is 6. The van der Waals surface area contributed by atoms with Crippen molar-refractivity contribution in [1.29, 1.82) is 0 Å². The van der Waals surface area contributed by atoms with E-state index in [0.717, 1.165) is 43.7 Å². The fourth-order valence-electron chi connectivity index (χ4n) is 5.59. The lowest BCUT2D eigenvalue weighted by Gasteiger charge is -2.29. The first kappa shape index (κ1) is 35.1. The quantitative estimate of drug-likeness (QED) is 0.143. The van der Waals surface area contributed by atoms with Crippen molar-refractivity contribution < 1.29 is 23.9 Å². The fourth-order valence-corrected chi connectivity index (χ4v) is 6.32. The van der Waals surface area contributed by atoms with Crippen molar-refractivity contribution in [3.05, 3.63) is 76.6 Å². The predicted octanol–water partition coefficient (Wildman–Crippen LogP) is 6.89. The smallest absolute Gasteiger partial charge is 0.337 e. The summed E-state index contributed by atoms with van der Waals surface area (Å²) in [6, 6.07) is 14.0. The van der Waals surface area contributed by atoms with Crippen LogP contribution in [0.1, 0.15) is 83.2 Å². The lowest BCUT2D eigenvalue weighted by atomic mass is 9.97. The molecular weight excluding hydrogens is 597 g/mol. The van der Waals surface area contributed by atoms with Crippen LogP contribution in [0.5, 0.6) is 0 Å². The van der Waals surface area contributed by atoms with Gasteiger partial charge in [-0.2, -0.15) is 0 Å². The maximum Gasteiger partial charge on any atom is 0.337 e. The minimum atomic E-state index is -1.41. The SMILES string of the molecule is CCCCN(CCCC)C(=O)C(OCC[Si](C)(C)C)c1cnc(-c2ccc(C(=O)OC)cc2C(=O)N2CCc3ccccc3C2)[nH]1. The molecule has 0 radical (unpaired) electrons. The number of unbranched alkanes of at least 4 members (excludes halogenated alkanes) is 2.